The molecule has 11 nitrogen and oxygen atoms in total. The quantitative estimate of drug-likeness (QED) is 0.0420. The summed E-state index contributed by atoms with van der Waals surface area (Å²) < 4.78 is 15.0. The lowest BCUT2D eigenvalue weighted by Crippen LogP contribution is -2.48. The number of nitrogens with zero attached hydrogens (tertiary/aromatic N) is 7. The number of nitrogens with one attached hydrogen (secondary N) is 2. The Morgan fingerprint density at radius 2 is 1.47 bits per heavy atom. The van der Waals surface area contributed by atoms with Gasteiger partial charge in [-0.05, 0) is 93.1 Å². The largest absolute Gasteiger partial charge is 0.402 e. The molecule has 2 fully saturated rings. The van der Waals surface area contributed by atoms with Gasteiger partial charge in [-0.15, -0.1) is 6.58 Å². The van der Waals surface area contributed by atoms with Gasteiger partial charge in [-0.3, -0.25) is 14.7 Å². The first-order valence-corrected chi connectivity index (χ1v) is 26.8. The molecule has 1 unspecified atom stereocenters. The van der Waals surface area contributed by atoms with Gasteiger partial charge in [0.15, 0.2) is 5.82 Å². The normalized spacial score (nSPS) is 14.9. The Bertz CT molecular complexity index is 2290. The van der Waals surface area contributed by atoms with E-state index in [2.05, 4.69) is 111 Å². The SMILES string of the molecule is C=Cc1cc(F)cc(N2CCN(CCN/C=C(\N)CCc3cccc(-c4cc(N5CCN(CCC)CC5)nc(/C(=C(/C)N)c5ccccc5)n4)c3)CC2)c1CN(C)C(C=C)CCC(=C)NC.CC.CC.CC. The zero-order valence-electron chi connectivity index (χ0n) is 46.0. The van der Waals surface area contributed by atoms with Gasteiger partial charge in [0.25, 0.3) is 0 Å². The number of aryl methyl sites for hydroxylation is 1. The van der Waals surface area contributed by atoms with Crippen LogP contribution in [-0.4, -0.2) is 117 Å². The molecule has 0 aliphatic carbocycles. The van der Waals surface area contributed by atoms with Crippen LogP contribution in [0.4, 0.5) is 15.9 Å². The molecule has 1 aromatic heterocycles. The molecule has 4 aromatic rings. The second-order valence-electron chi connectivity index (χ2n) is 17.7. The van der Waals surface area contributed by atoms with E-state index in [9.17, 15) is 4.39 Å². The molecule has 2 saturated heterocycles. The minimum atomic E-state index is -0.241. The van der Waals surface area contributed by atoms with Crippen LogP contribution in [0.3, 0.4) is 0 Å². The Balaban J connectivity index is 0.00000220. The van der Waals surface area contributed by atoms with E-state index in [-0.39, 0.29) is 11.9 Å². The topological polar surface area (TPSA) is 118 Å². The summed E-state index contributed by atoms with van der Waals surface area (Å²) in [6.45, 7) is 39.1. The second-order valence-corrected chi connectivity index (χ2v) is 17.7. The first-order valence-electron chi connectivity index (χ1n) is 26.8. The van der Waals surface area contributed by atoms with Crippen molar-refractivity contribution in [2.75, 3.05) is 95.9 Å². The van der Waals surface area contributed by atoms with Crippen molar-refractivity contribution in [1.29, 1.82) is 0 Å². The third-order valence-corrected chi connectivity index (χ3v) is 12.9. The van der Waals surface area contributed by atoms with Crippen molar-refractivity contribution in [1.82, 2.24) is 35.3 Å². The van der Waals surface area contributed by atoms with Crippen LogP contribution in [0.1, 0.15) is 109 Å². The highest BCUT2D eigenvalue weighted by atomic mass is 19.1. The summed E-state index contributed by atoms with van der Waals surface area (Å²) in [6.07, 6.45) is 10.1. The summed E-state index contributed by atoms with van der Waals surface area (Å²) in [7, 11) is 4.00. The van der Waals surface area contributed by atoms with Crippen LogP contribution in [-0.2, 0) is 13.0 Å². The Labute approximate surface area is 435 Å². The fraction of sp³-hybridized carbons (Fsp3) is 0.467. The molecule has 6 rings (SSSR count). The van der Waals surface area contributed by atoms with Gasteiger partial charge in [-0.25, -0.2) is 14.4 Å². The second kappa shape index (κ2) is 32.9. The van der Waals surface area contributed by atoms with Crippen LogP contribution in [0, 0.1) is 5.82 Å². The number of rotatable bonds is 23. The molecule has 3 heterocycles. The van der Waals surface area contributed by atoms with Crippen molar-refractivity contribution >= 4 is 23.2 Å². The van der Waals surface area contributed by atoms with Gasteiger partial charge in [0, 0.05) is 131 Å². The van der Waals surface area contributed by atoms with E-state index in [0.717, 1.165) is 161 Å². The highest BCUT2D eigenvalue weighted by Gasteiger charge is 2.24. The molecule has 0 radical (unpaired) electrons. The van der Waals surface area contributed by atoms with E-state index in [4.69, 9.17) is 21.4 Å². The Morgan fingerprint density at radius 3 is 2.08 bits per heavy atom. The number of nitrogens with two attached hydrogens (primary N) is 2. The van der Waals surface area contributed by atoms with E-state index in [1.165, 1.54) is 5.56 Å². The Morgan fingerprint density at radius 1 is 0.819 bits per heavy atom. The molecule has 12 heteroatoms. The van der Waals surface area contributed by atoms with Gasteiger partial charge in [-0.1, -0.05) is 122 Å². The monoisotopic (exact) mass is 986 g/mol. The highest BCUT2D eigenvalue weighted by Crippen LogP contribution is 2.32. The van der Waals surface area contributed by atoms with Gasteiger partial charge in [0.05, 0.1) is 5.69 Å². The van der Waals surface area contributed by atoms with Crippen LogP contribution >= 0.6 is 0 Å². The van der Waals surface area contributed by atoms with Crippen molar-refractivity contribution in [2.45, 2.75) is 100 Å². The molecule has 72 heavy (non-hydrogen) atoms. The maximum absolute atomic E-state index is 15.0. The third kappa shape index (κ3) is 18.3. The van der Waals surface area contributed by atoms with Gasteiger partial charge in [0.2, 0.25) is 0 Å². The summed E-state index contributed by atoms with van der Waals surface area (Å²) >= 11 is 0. The van der Waals surface area contributed by atoms with E-state index in [1.54, 1.807) is 18.2 Å². The lowest BCUT2D eigenvalue weighted by molar-refractivity contribution is 0.255. The number of allylic oxidation sites excluding steroid dienone is 3. The maximum Gasteiger partial charge on any atom is 0.164 e. The molecule has 1 atom stereocenters. The van der Waals surface area contributed by atoms with Crippen molar-refractivity contribution in [3.05, 3.63) is 156 Å². The molecule has 2 aliphatic rings. The third-order valence-electron chi connectivity index (χ3n) is 12.9. The number of piperazine rings is 2. The van der Waals surface area contributed by atoms with Crippen molar-refractivity contribution in [2.24, 2.45) is 11.5 Å². The average molecular weight is 986 g/mol. The van der Waals surface area contributed by atoms with E-state index < -0.39 is 0 Å². The Hall–Kier alpha value is -5.95. The number of aromatic nitrogens is 2. The number of halogens is 1. The number of likely N-dealkylation sites (N-methyl/N-ethyl adjacent to an activating group) is 1. The minimum absolute atomic E-state index is 0.155. The zero-order chi connectivity index (χ0) is 53.0. The van der Waals surface area contributed by atoms with E-state index in [0.29, 0.717) is 18.1 Å². The number of hydrogen-bond acceptors (Lipinski definition) is 11. The van der Waals surface area contributed by atoms with Crippen LogP contribution in [0.15, 0.2) is 122 Å². The van der Waals surface area contributed by atoms with Gasteiger partial charge < -0.3 is 31.9 Å². The lowest BCUT2D eigenvalue weighted by atomic mass is 10.0. The fourth-order valence-corrected chi connectivity index (χ4v) is 9.01. The van der Waals surface area contributed by atoms with Crippen molar-refractivity contribution in [3.63, 3.8) is 0 Å². The molecule has 0 amide bonds. The first-order chi connectivity index (χ1) is 35.0. The molecular formula is C60H92FN11. The van der Waals surface area contributed by atoms with Crippen molar-refractivity contribution < 1.29 is 4.39 Å². The molecule has 2 aliphatic heterocycles. The van der Waals surface area contributed by atoms with Gasteiger partial charge in [-0.2, -0.15) is 0 Å². The molecule has 6 N–H and O–H groups in total. The predicted molar refractivity (Wildman–Crippen MR) is 309 cm³/mol. The molecule has 394 valence electrons. The van der Waals surface area contributed by atoms with Gasteiger partial charge >= 0.3 is 0 Å². The standard InChI is InChI=1S/C54H74FN11.3C2H6/c1-8-24-63-28-32-66(33-29-63)52-37-50(60-54(61-52)53(41(5)56)44-16-12-11-13-17-44)45-18-14-15-42(34-45)20-21-47(57)38-59-23-25-64-26-30-65(31-27-64)51-36-46(55)35-43(9-2)49(51)39-62(7)48(10-3)22-19-40(4)58-6;3*1-2/h9-18,34-38,48,58-59H,2-4,8,19-33,39,56-57H2,1,5-7H3;3*1-2H3/b47-38-,53-41-;;;. The summed E-state index contributed by atoms with van der Waals surface area (Å²) in [5.74, 6) is 1.32. The molecule has 0 saturated carbocycles. The Kier molecular flexibility index (Phi) is 27.6. The minimum Gasteiger partial charge on any atom is -0.402 e. The number of hydrogen-bond donors (Lipinski definition) is 4. The predicted octanol–water partition coefficient (Wildman–Crippen LogP) is 10.9. The summed E-state index contributed by atoms with van der Waals surface area (Å²) in [5.41, 5.74) is 23.4. The summed E-state index contributed by atoms with van der Waals surface area (Å²) in [5, 5.41) is 6.60. The highest BCUT2D eigenvalue weighted by molar-refractivity contribution is 5.80. The zero-order valence-corrected chi connectivity index (χ0v) is 46.0. The molecule has 3 aromatic carbocycles. The van der Waals surface area contributed by atoms with Crippen molar-refractivity contribution in [3.8, 4) is 11.3 Å². The van der Waals surface area contributed by atoms with Crippen LogP contribution in [0.5, 0.6) is 0 Å². The first kappa shape index (κ1) is 60.4. The smallest absolute Gasteiger partial charge is 0.164 e. The number of anilines is 2. The van der Waals surface area contributed by atoms with Gasteiger partial charge in [0.1, 0.15) is 11.6 Å². The van der Waals surface area contributed by atoms with Crippen LogP contribution in [0.25, 0.3) is 22.9 Å². The molecular weight excluding hydrogens is 894 g/mol. The number of benzene rings is 3. The molecule has 0 spiro atoms. The molecule has 0 bridgehead atoms. The fourth-order valence-electron chi connectivity index (χ4n) is 9.01. The lowest BCUT2D eigenvalue weighted by Gasteiger charge is -2.38. The van der Waals surface area contributed by atoms with Crippen LogP contribution < -0.4 is 31.9 Å². The van der Waals surface area contributed by atoms with Crippen LogP contribution in [0.2, 0.25) is 0 Å². The average Bonchev–Trinajstić information content (AvgIpc) is 3.42. The summed E-state index contributed by atoms with van der Waals surface area (Å²) in [4.78, 5) is 22.3. The maximum atomic E-state index is 15.0. The van der Waals surface area contributed by atoms with E-state index >= 15 is 0 Å². The summed E-state index contributed by atoms with van der Waals surface area (Å²) in [6, 6.07) is 24.4. The van der Waals surface area contributed by atoms with E-state index in [1.807, 2.05) is 86.0 Å².